The SMILES string of the molecule is CC(C)C(=O)N1CCC(NC(=O)C(CN)c2ccccc2)CC1. The lowest BCUT2D eigenvalue weighted by Crippen LogP contribution is -2.49. The van der Waals surface area contributed by atoms with E-state index in [1.165, 1.54) is 0 Å². The number of carbonyl (C=O) groups is 2. The first-order valence-electron chi connectivity index (χ1n) is 8.37. The maximum absolute atomic E-state index is 12.5. The summed E-state index contributed by atoms with van der Waals surface area (Å²) in [5.74, 6) is -0.112. The van der Waals surface area contributed by atoms with E-state index in [9.17, 15) is 9.59 Å². The van der Waals surface area contributed by atoms with Gasteiger partial charge in [-0.3, -0.25) is 9.59 Å². The number of hydrogen-bond acceptors (Lipinski definition) is 3. The highest BCUT2D eigenvalue weighted by Crippen LogP contribution is 2.17. The minimum atomic E-state index is -0.313. The zero-order valence-corrected chi connectivity index (χ0v) is 14.0. The van der Waals surface area contributed by atoms with Crippen LogP contribution in [0.3, 0.4) is 0 Å². The van der Waals surface area contributed by atoms with Crippen molar-refractivity contribution in [2.75, 3.05) is 19.6 Å². The number of nitrogens with one attached hydrogen (secondary N) is 1. The van der Waals surface area contributed by atoms with Gasteiger partial charge < -0.3 is 16.0 Å². The number of likely N-dealkylation sites (tertiary alicyclic amines) is 1. The standard InChI is InChI=1S/C18H27N3O2/c1-13(2)18(23)21-10-8-15(9-11-21)20-17(22)16(12-19)14-6-4-3-5-7-14/h3-7,13,15-16H,8-12,19H2,1-2H3,(H,20,22). The molecule has 126 valence electrons. The Hall–Kier alpha value is -1.88. The van der Waals surface area contributed by atoms with Crippen molar-refractivity contribution in [1.29, 1.82) is 0 Å². The lowest BCUT2D eigenvalue weighted by molar-refractivity contribution is -0.135. The molecule has 0 bridgehead atoms. The molecule has 5 heteroatoms. The van der Waals surface area contributed by atoms with Crippen molar-refractivity contribution in [3.63, 3.8) is 0 Å². The molecule has 1 heterocycles. The van der Waals surface area contributed by atoms with Crippen molar-refractivity contribution in [1.82, 2.24) is 10.2 Å². The molecular formula is C18H27N3O2. The highest BCUT2D eigenvalue weighted by molar-refractivity contribution is 5.84. The maximum atomic E-state index is 12.5. The molecule has 1 aliphatic rings. The van der Waals surface area contributed by atoms with Gasteiger partial charge in [-0.1, -0.05) is 44.2 Å². The first-order chi connectivity index (χ1) is 11.0. The van der Waals surface area contributed by atoms with Crippen molar-refractivity contribution in [2.45, 2.75) is 38.6 Å². The molecule has 2 rings (SSSR count). The fraction of sp³-hybridized carbons (Fsp3) is 0.556. The number of benzene rings is 1. The van der Waals surface area contributed by atoms with Crippen LogP contribution in [0.5, 0.6) is 0 Å². The summed E-state index contributed by atoms with van der Waals surface area (Å²) in [6, 6.07) is 9.75. The minimum absolute atomic E-state index is 0.0210. The zero-order valence-electron chi connectivity index (χ0n) is 14.0. The summed E-state index contributed by atoms with van der Waals surface area (Å²) >= 11 is 0. The summed E-state index contributed by atoms with van der Waals surface area (Å²) in [6.45, 7) is 5.55. The largest absolute Gasteiger partial charge is 0.353 e. The van der Waals surface area contributed by atoms with Crippen molar-refractivity contribution < 1.29 is 9.59 Å². The lowest BCUT2D eigenvalue weighted by atomic mass is 9.96. The molecule has 1 unspecified atom stereocenters. The third-order valence-electron chi connectivity index (χ3n) is 4.40. The number of amides is 2. The van der Waals surface area contributed by atoms with Gasteiger partial charge in [0.05, 0.1) is 5.92 Å². The van der Waals surface area contributed by atoms with Crippen molar-refractivity contribution in [3.8, 4) is 0 Å². The Balaban J connectivity index is 1.88. The van der Waals surface area contributed by atoms with Crippen LogP contribution in [-0.2, 0) is 9.59 Å². The Morgan fingerprint density at radius 1 is 1.22 bits per heavy atom. The molecule has 1 aromatic rings. The predicted octanol–water partition coefficient (Wildman–Crippen LogP) is 1.49. The van der Waals surface area contributed by atoms with Gasteiger partial charge in [-0.25, -0.2) is 0 Å². The van der Waals surface area contributed by atoms with Gasteiger partial charge in [-0.2, -0.15) is 0 Å². The molecule has 0 saturated carbocycles. The average molecular weight is 317 g/mol. The summed E-state index contributed by atoms with van der Waals surface area (Å²) in [6.07, 6.45) is 1.60. The second kappa shape index (κ2) is 8.11. The van der Waals surface area contributed by atoms with Gasteiger partial charge in [-0.05, 0) is 18.4 Å². The number of nitrogens with two attached hydrogens (primary N) is 1. The predicted molar refractivity (Wildman–Crippen MR) is 90.8 cm³/mol. The zero-order chi connectivity index (χ0) is 16.8. The summed E-state index contributed by atoms with van der Waals surface area (Å²) in [4.78, 5) is 26.4. The van der Waals surface area contributed by atoms with Gasteiger partial charge in [0.15, 0.2) is 0 Å². The summed E-state index contributed by atoms with van der Waals surface area (Å²) in [5, 5.41) is 3.10. The van der Waals surface area contributed by atoms with Crippen LogP contribution in [0, 0.1) is 5.92 Å². The molecule has 5 nitrogen and oxygen atoms in total. The van der Waals surface area contributed by atoms with E-state index in [1.54, 1.807) is 0 Å². The van der Waals surface area contributed by atoms with Crippen LogP contribution in [0.2, 0.25) is 0 Å². The number of nitrogens with zero attached hydrogens (tertiary/aromatic N) is 1. The van der Waals surface area contributed by atoms with Crippen LogP contribution in [0.4, 0.5) is 0 Å². The van der Waals surface area contributed by atoms with E-state index in [2.05, 4.69) is 5.32 Å². The quantitative estimate of drug-likeness (QED) is 0.864. The molecule has 0 aliphatic carbocycles. The Bertz CT molecular complexity index is 522. The topological polar surface area (TPSA) is 75.4 Å². The van der Waals surface area contributed by atoms with Gasteiger partial charge in [0.25, 0.3) is 0 Å². The van der Waals surface area contributed by atoms with E-state index in [0.29, 0.717) is 19.6 Å². The molecule has 0 radical (unpaired) electrons. The van der Waals surface area contributed by atoms with Gasteiger partial charge in [0, 0.05) is 31.6 Å². The van der Waals surface area contributed by atoms with Gasteiger partial charge in [0.1, 0.15) is 0 Å². The van der Waals surface area contributed by atoms with Crippen molar-refractivity contribution in [3.05, 3.63) is 35.9 Å². The highest BCUT2D eigenvalue weighted by Gasteiger charge is 2.27. The van der Waals surface area contributed by atoms with E-state index >= 15 is 0 Å². The van der Waals surface area contributed by atoms with Crippen LogP contribution < -0.4 is 11.1 Å². The van der Waals surface area contributed by atoms with Gasteiger partial charge in [0.2, 0.25) is 11.8 Å². The smallest absolute Gasteiger partial charge is 0.229 e. The van der Waals surface area contributed by atoms with Gasteiger partial charge >= 0.3 is 0 Å². The van der Waals surface area contributed by atoms with E-state index in [4.69, 9.17) is 5.73 Å². The Labute approximate surface area is 138 Å². The molecule has 0 spiro atoms. The third-order valence-corrected chi connectivity index (χ3v) is 4.40. The van der Waals surface area contributed by atoms with E-state index < -0.39 is 0 Å². The number of carbonyl (C=O) groups excluding carboxylic acids is 2. The normalized spacial score (nSPS) is 17.1. The molecule has 1 saturated heterocycles. The molecule has 1 aromatic carbocycles. The van der Waals surface area contributed by atoms with Gasteiger partial charge in [-0.15, -0.1) is 0 Å². The molecule has 1 aliphatic heterocycles. The van der Waals surface area contributed by atoms with Crippen LogP contribution in [0.1, 0.15) is 38.2 Å². The van der Waals surface area contributed by atoms with Crippen molar-refractivity contribution in [2.24, 2.45) is 11.7 Å². The Morgan fingerprint density at radius 2 is 1.83 bits per heavy atom. The second-order valence-corrected chi connectivity index (χ2v) is 6.46. The van der Waals surface area contributed by atoms with E-state index in [1.807, 2.05) is 49.1 Å². The van der Waals surface area contributed by atoms with Crippen LogP contribution in [0.25, 0.3) is 0 Å². The Morgan fingerprint density at radius 3 is 2.35 bits per heavy atom. The fourth-order valence-electron chi connectivity index (χ4n) is 2.99. The fourth-order valence-corrected chi connectivity index (χ4v) is 2.99. The van der Waals surface area contributed by atoms with Crippen molar-refractivity contribution >= 4 is 11.8 Å². The first kappa shape index (κ1) is 17.5. The number of piperidine rings is 1. The highest BCUT2D eigenvalue weighted by atomic mass is 16.2. The molecular weight excluding hydrogens is 290 g/mol. The average Bonchev–Trinajstić information content (AvgIpc) is 2.56. The first-order valence-corrected chi connectivity index (χ1v) is 8.37. The summed E-state index contributed by atoms with van der Waals surface area (Å²) in [5.41, 5.74) is 6.74. The number of hydrogen-bond donors (Lipinski definition) is 2. The second-order valence-electron chi connectivity index (χ2n) is 6.46. The summed E-state index contributed by atoms with van der Waals surface area (Å²) < 4.78 is 0. The lowest BCUT2D eigenvalue weighted by Gasteiger charge is -2.34. The molecule has 1 atom stereocenters. The minimum Gasteiger partial charge on any atom is -0.353 e. The molecule has 23 heavy (non-hydrogen) atoms. The summed E-state index contributed by atoms with van der Waals surface area (Å²) in [7, 11) is 0. The maximum Gasteiger partial charge on any atom is 0.229 e. The molecule has 0 aromatic heterocycles. The monoisotopic (exact) mass is 317 g/mol. The van der Waals surface area contributed by atoms with E-state index in [-0.39, 0.29) is 29.7 Å². The third kappa shape index (κ3) is 4.55. The molecule has 1 fully saturated rings. The number of rotatable bonds is 5. The molecule has 3 N–H and O–H groups in total. The molecule has 2 amide bonds. The van der Waals surface area contributed by atoms with Crippen LogP contribution in [0.15, 0.2) is 30.3 Å². The van der Waals surface area contributed by atoms with Crippen LogP contribution >= 0.6 is 0 Å². The Kier molecular flexibility index (Phi) is 6.16. The van der Waals surface area contributed by atoms with E-state index in [0.717, 1.165) is 18.4 Å². The van der Waals surface area contributed by atoms with Crippen LogP contribution in [-0.4, -0.2) is 42.4 Å².